The Kier molecular flexibility index (Phi) is 3.12. The van der Waals surface area contributed by atoms with Crippen LogP contribution in [-0.2, 0) is 18.3 Å². The molecular formula is C11H17N5O. The zero-order valence-corrected chi connectivity index (χ0v) is 10.3. The van der Waals surface area contributed by atoms with Crippen molar-refractivity contribution in [3.8, 4) is 0 Å². The number of hydrogen-bond donors (Lipinski definition) is 2. The summed E-state index contributed by atoms with van der Waals surface area (Å²) in [6, 6.07) is -0.371. The van der Waals surface area contributed by atoms with Crippen molar-refractivity contribution in [2.45, 2.75) is 26.3 Å². The monoisotopic (exact) mass is 235 g/mol. The maximum atomic E-state index is 11.8. The second-order valence-corrected chi connectivity index (χ2v) is 3.95. The summed E-state index contributed by atoms with van der Waals surface area (Å²) in [5.41, 5.74) is 1.87. The highest BCUT2D eigenvalue weighted by molar-refractivity contribution is 6.06. The SMILES string of the molecule is CCN=C1NC(=O)C(c2cn(C)nc2CC)N1. The van der Waals surface area contributed by atoms with Gasteiger partial charge in [-0.05, 0) is 13.3 Å². The number of rotatable bonds is 3. The minimum Gasteiger partial charge on any atom is -0.340 e. The van der Waals surface area contributed by atoms with E-state index in [0.717, 1.165) is 17.7 Å². The highest BCUT2D eigenvalue weighted by Gasteiger charge is 2.32. The van der Waals surface area contributed by atoms with Crippen LogP contribution in [0.3, 0.4) is 0 Å². The molecule has 0 bridgehead atoms. The van der Waals surface area contributed by atoms with Crippen LogP contribution in [0.2, 0.25) is 0 Å². The van der Waals surface area contributed by atoms with Crippen molar-refractivity contribution in [3.05, 3.63) is 17.5 Å². The van der Waals surface area contributed by atoms with Crippen LogP contribution < -0.4 is 10.6 Å². The number of nitrogens with zero attached hydrogens (tertiary/aromatic N) is 3. The third-order valence-electron chi connectivity index (χ3n) is 2.68. The molecule has 0 spiro atoms. The second kappa shape index (κ2) is 4.57. The van der Waals surface area contributed by atoms with Gasteiger partial charge in [0.25, 0.3) is 5.91 Å². The quantitative estimate of drug-likeness (QED) is 0.781. The molecule has 1 unspecified atom stereocenters. The number of guanidine groups is 1. The topological polar surface area (TPSA) is 71.3 Å². The fourth-order valence-corrected chi connectivity index (χ4v) is 1.96. The third kappa shape index (κ3) is 2.15. The first-order chi connectivity index (χ1) is 8.15. The summed E-state index contributed by atoms with van der Waals surface area (Å²) < 4.78 is 1.73. The number of carbonyl (C=O) groups is 1. The number of carbonyl (C=O) groups excluding carboxylic acids is 1. The lowest BCUT2D eigenvalue weighted by Crippen LogP contribution is -2.25. The van der Waals surface area contributed by atoms with E-state index in [1.807, 2.05) is 27.1 Å². The number of amides is 1. The van der Waals surface area contributed by atoms with E-state index in [9.17, 15) is 4.79 Å². The summed E-state index contributed by atoms with van der Waals surface area (Å²) in [5.74, 6) is 0.480. The maximum absolute atomic E-state index is 11.8. The Bertz CT molecular complexity index is 462. The van der Waals surface area contributed by atoms with Gasteiger partial charge in [-0.25, -0.2) is 0 Å². The highest BCUT2D eigenvalue weighted by Crippen LogP contribution is 2.20. The molecule has 1 aromatic rings. The lowest BCUT2D eigenvalue weighted by molar-refractivity contribution is -0.120. The van der Waals surface area contributed by atoms with E-state index < -0.39 is 0 Å². The molecule has 2 heterocycles. The first-order valence-electron chi connectivity index (χ1n) is 5.80. The predicted octanol–water partition coefficient (Wildman–Crippen LogP) is 0.119. The van der Waals surface area contributed by atoms with Crippen molar-refractivity contribution in [2.24, 2.45) is 12.0 Å². The van der Waals surface area contributed by atoms with Gasteiger partial charge in [0.1, 0.15) is 6.04 Å². The van der Waals surface area contributed by atoms with E-state index in [1.54, 1.807) is 4.68 Å². The van der Waals surface area contributed by atoms with Crippen molar-refractivity contribution in [3.63, 3.8) is 0 Å². The van der Waals surface area contributed by atoms with Crippen LogP contribution in [0.1, 0.15) is 31.1 Å². The molecule has 0 aromatic carbocycles. The standard InChI is InChI=1S/C11H17N5O/c1-4-8-7(6-16(3)15-8)9-10(17)14-11(13-9)12-5-2/h6,9H,4-5H2,1-3H3,(H2,12,13,14,17). The van der Waals surface area contributed by atoms with Gasteiger partial charge in [-0.1, -0.05) is 6.92 Å². The van der Waals surface area contributed by atoms with Gasteiger partial charge in [-0.3, -0.25) is 19.8 Å². The molecule has 1 aliphatic heterocycles. The van der Waals surface area contributed by atoms with E-state index in [4.69, 9.17) is 0 Å². The minimum atomic E-state index is -0.371. The molecule has 1 aromatic heterocycles. The molecule has 0 saturated carbocycles. The number of nitrogens with one attached hydrogen (secondary N) is 2. The van der Waals surface area contributed by atoms with E-state index in [0.29, 0.717) is 12.5 Å². The summed E-state index contributed by atoms with van der Waals surface area (Å²) in [7, 11) is 1.86. The van der Waals surface area contributed by atoms with Gasteiger partial charge in [-0.2, -0.15) is 5.10 Å². The van der Waals surface area contributed by atoms with E-state index in [1.165, 1.54) is 0 Å². The van der Waals surface area contributed by atoms with Gasteiger partial charge in [0.15, 0.2) is 5.96 Å². The van der Waals surface area contributed by atoms with Gasteiger partial charge < -0.3 is 5.32 Å². The van der Waals surface area contributed by atoms with Crippen LogP contribution in [0.15, 0.2) is 11.2 Å². The van der Waals surface area contributed by atoms with Gasteiger partial charge >= 0.3 is 0 Å². The summed E-state index contributed by atoms with van der Waals surface area (Å²) >= 11 is 0. The van der Waals surface area contributed by atoms with Crippen LogP contribution in [0.5, 0.6) is 0 Å². The summed E-state index contributed by atoms with van der Waals surface area (Å²) in [6.45, 7) is 4.60. The Balaban J connectivity index is 2.28. The maximum Gasteiger partial charge on any atom is 0.254 e. The summed E-state index contributed by atoms with van der Waals surface area (Å²) in [4.78, 5) is 16.0. The molecule has 6 heteroatoms. The lowest BCUT2D eigenvalue weighted by atomic mass is 10.1. The lowest BCUT2D eigenvalue weighted by Gasteiger charge is -2.06. The van der Waals surface area contributed by atoms with Crippen LogP contribution >= 0.6 is 0 Å². The first-order valence-corrected chi connectivity index (χ1v) is 5.80. The molecular weight excluding hydrogens is 218 g/mol. The molecule has 2 N–H and O–H groups in total. The molecule has 1 amide bonds. The Morgan fingerprint density at radius 1 is 1.53 bits per heavy atom. The molecule has 0 radical (unpaired) electrons. The normalized spacial score (nSPS) is 21.7. The summed E-state index contributed by atoms with van der Waals surface area (Å²) in [6.07, 6.45) is 2.69. The molecule has 1 saturated heterocycles. The molecule has 0 aliphatic carbocycles. The molecule has 1 fully saturated rings. The third-order valence-corrected chi connectivity index (χ3v) is 2.68. The van der Waals surface area contributed by atoms with Gasteiger partial charge in [-0.15, -0.1) is 0 Å². The fraction of sp³-hybridized carbons (Fsp3) is 0.545. The molecule has 17 heavy (non-hydrogen) atoms. The molecule has 1 atom stereocenters. The molecule has 2 rings (SSSR count). The van der Waals surface area contributed by atoms with Crippen molar-refractivity contribution in [1.82, 2.24) is 20.4 Å². The highest BCUT2D eigenvalue weighted by atomic mass is 16.2. The van der Waals surface area contributed by atoms with E-state index in [-0.39, 0.29) is 11.9 Å². The first kappa shape index (κ1) is 11.6. The summed E-state index contributed by atoms with van der Waals surface area (Å²) in [5, 5.41) is 10.1. The Morgan fingerprint density at radius 2 is 2.29 bits per heavy atom. The van der Waals surface area contributed by atoms with E-state index >= 15 is 0 Å². The number of aromatic nitrogens is 2. The average molecular weight is 235 g/mol. The Labute approximate surface area is 100 Å². The Hall–Kier alpha value is -1.85. The van der Waals surface area contributed by atoms with Crippen molar-refractivity contribution in [2.75, 3.05) is 6.54 Å². The van der Waals surface area contributed by atoms with Crippen molar-refractivity contribution in [1.29, 1.82) is 0 Å². The van der Waals surface area contributed by atoms with Crippen LogP contribution in [0, 0.1) is 0 Å². The minimum absolute atomic E-state index is 0.0695. The van der Waals surface area contributed by atoms with Crippen LogP contribution in [0.25, 0.3) is 0 Å². The fourth-order valence-electron chi connectivity index (χ4n) is 1.96. The van der Waals surface area contributed by atoms with Crippen molar-refractivity contribution < 1.29 is 4.79 Å². The van der Waals surface area contributed by atoms with E-state index in [2.05, 4.69) is 20.7 Å². The van der Waals surface area contributed by atoms with Gasteiger partial charge in [0.2, 0.25) is 0 Å². The number of hydrogen-bond acceptors (Lipinski definition) is 3. The van der Waals surface area contributed by atoms with Crippen LogP contribution in [0.4, 0.5) is 0 Å². The predicted molar refractivity (Wildman–Crippen MR) is 64.6 cm³/mol. The number of aryl methyl sites for hydroxylation is 2. The molecule has 6 nitrogen and oxygen atoms in total. The van der Waals surface area contributed by atoms with Crippen molar-refractivity contribution >= 4 is 11.9 Å². The zero-order chi connectivity index (χ0) is 12.4. The largest absolute Gasteiger partial charge is 0.340 e. The number of aliphatic imine (C=N–C) groups is 1. The van der Waals surface area contributed by atoms with Crippen LogP contribution in [-0.4, -0.2) is 28.2 Å². The molecule has 92 valence electrons. The molecule has 1 aliphatic rings. The zero-order valence-electron chi connectivity index (χ0n) is 10.3. The second-order valence-electron chi connectivity index (χ2n) is 3.95. The Morgan fingerprint density at radius 3 is 2.94 bits per heavy atom. The average Bonchev–Trinajstić information content (AvgIpc) is 2.82. The van der Waals surface area contributed by atoms with Gasteiger partial charge in [0, 0.05) is 25.4 Å². The smallest absolute Gasteiger partial charge is 0.254 e. The van der Waals surface area contributed by atoms with Gasteiger partial charge in [0.05, 0.1) is 5.69 Å².